The number of carbonyl (C=O) groups is 1. The summed E-state index contributed by atoms with van der Waals surface area (Å²) in [4.78, 5) is 14.0. The van der Waals surface area contributed by atoms with Crippen LogP contribution in [0.15, 0.2) is 29.2 Å². The number of amides is 1. The molecule has 0 radical (unpaired) electrons. The largest absolute Gasteiger partial charge is 0.497 e. The second kappa shape index (κ2) is 6.64. The number of hydrogen-bond donors (Lipinski definition) is 2. The average Bonchev–Trinajstić information content (AvgIpc) is 2.86. The molecule has 1 saturated heterocycles. The summed E-state index contributed by atoms with van der Waals surface area (Å²) < 4.78 is 32.5. The van der Waals surface area contributed by atoms with Gasteiger partial charge in [0, 0.05) is 26.2 Å². The number of nitrogens with one attached hydrogen (secondary N) is 2. The van der Waals surface area contributed by atoms with Gasteiger partial charge >= 0.3 is 0 Å². The van der Waals surface area contributed by atoms with Crippen LogP contribution in [-0.4, -0.2) is 59.6 Å². The standard InChI is InChI=1S/C14H21N3O4S/c1-15-14(18)12-8-17(2)9-13(12)16-22(19,20)11-6-4-10(21-3)5-7-11/h4-7,12-13,16H,8-9H2,1-3H3,(H,15,18)/t12-,13-/m0/s1. The van der Waals surface area contributed by atoms with Crippen LogP contribution in [0.3, 0.4) is 0 Å². The number of rotatable bonds is 5. The molecule has 1 fully saturated rings. The normalized spacial score (nSPS) is 22.5. The van der Waals surface area contributed by atoms with E-state index in [9.17, 15) is 13.2 Å². The van der Waals surface area contributed by atoms with E-state index in [1.807, 2.05) is 11.9 Å². The van der Waals surface area contributed by atoms with Gasteiger partial charge in [0.2, 0.25) is 15.9 Å². The lowest BCUT2D eigenvalue weighted by molar-refractivity contribution is -0.124. The Morgan fingerprint density at radius 1 is 1.27 bits per heavy atom. The molecule has 1 aromatic carbocycles. The number of likely N-dealkylation sites (tertiary alicyclic amines) is 1. The van der Waals surface area contributed by atoms with E-state index in [1.54, 1.807) is 19.2 Å². The fourth-order valence-corrected chi connectivity index (χ4v) is 3.86. The molecule has 122 valence electrons. The van der Waals surface area contributed by atoms with Crippen LogP contribution >= 0.6 is 0 Å². The van der Waals surface area contributed by atoms with Crippen molar-refractivity contribution in [3.63, 3.8) is 0 Å². The van der Waals surface area contributed by atoms with Crippen molar-refractivity contribution in [1.82, 2.24) is 14.9 Å². The van der Waals surface area contributed by atoms with Crippen LogP contribution in [0.4, 0.5) is 0 Å². The number of likely N-dealkylation sites (N-methyl/N-ethyl adjacent to an activating group) is 1. The number of nitrogens with zero attached hydrogens (tertiary/aromatic N) is 1. The zero-order chi connectivity index (χ0) is 16.3. The summed E-state index contributed by atoms with van der Waals surface area (Å²) in [6, 6.07) is 5.69. The molecule has 1 aromatic rings. The Kier molecular flexibility index (Phi) is 5.05. The van der Waals surface area contributed by atoms with Gasteiger partial charge in [-0.3, -0.25) is 4.79 Å². The second-order valence-corrected chi connectivity index (χ2v) is 7.06. The first kappa shape index (κ1) is 16.7. The lowest BCUT2D eigenvalue weighted by atomic mass is 10.0. The van der Waals surface area contributed by atoms with E-state index in [0.29, 0.717) is 18.8 Å². The number of benzene rings is 1. The number of hydrogen-bond acceptors (Lipinski definition) is 5. The molecule has 0 saturated carbocycles. The van der Waals surface area contributed by atoms with Crippen LogP contribution in [0.5, 0.6) is 5.75 Å². The Hall–Kier alpha value is -1.64. The van der Waals surface area contributed by atoms with E-state index in [0.717, 1.165) is 0 Å². The number of ether oxygens (including phenoxy) is 1. The molecule has 0 aliphatic carbocycles. The molecule has 2 rings (SSSR count). The van der Waals surface area contributed by atoms with Gasteiger partial charge in [-0.2, -0.15) is 0 Å². The minimum atomic E-state index is -3.68. The van der Waals surface area contributed by atoms with Crippen molar-refractivity contribution in [2.75, 3.05) is 34.3 Å². The van der Waals surface area contributed by atoms with Crippen molar-refractivity contribution < 1.29 is 17.9 Å². The molecule has 2 N–H and O–H groups in total. The van der Waals surface area contributed by atoms with Crippen molar-refractivity contribution in [1.29, 1.82) is 0 Å². The summed E-state index contributed by atoms with van der Waals surface area (Å²) in [5, 5.41) is 2.58. The monoisotopic (exact) mass is 327 g/mol. The quantitative estimate of drug-likeness (QED) is 0.772. The first-order valence-electron chi connectivity index (χ1n) is 6.94. The predicted octanol–water partition coefficient (Wildman–Crippen LogP) is -0.350. The van der Waals surface area contributed by atoms with E-state index in [2.05, 4.69) is 10.0 Å². The Balaban J connectivity index is 2.17. The first-order chi connectivity index (χ1) is 10.4. The van der Waals surface area contributed by atoms with Crippen molar-refractivity contribution >= 4 is 15.9 Å². The van der Waals surface area contributed by atoms with Crippen LogP contribution in [-0.2, 0) is 14.8 Å². The maximum absolute atomic E-state index is 12.4. The fourth-order valence-electron chi connectivity index (χ4n) is 2.59. The molecule has 0 spiro atoms. The van der Waals surface area contributed by atoms with Crippen LogP contribution < -0.4 is 14.8 Å². The molecule has 22 heavy (non-hydrogen) atoms. The average molecular weight is 327 g/mol. The Bertz CT molecular complexity index is 630. The third-order valence-corrected chi connectivity index (χ3v) is 5.27. The molecule has 1 aliphatic rings. The van der Waals surface area contributed by atoms with Crippen molar-refractivity contribution in [2.24, 2.45) is 5.92 Å². The van der Waals surface area contributed by atoms with Gasteiger partial charge in [-0.15, -0.1) is 0 Å². The van der Waals surface area contributed by atoms with Gasteiger partial charge in [-0.25, -0.2) is 13.1 Å². The Labute approximate surface area is 130 Å². The lowest BCUT2D eigenvalue weighted by Gasteiger charge is -2.18. The maximum Gasteiger partial charge on any atom is 0.240 e. The number of methoxy groups -OCH3 is 1. The van der Waals surface area contributed by atoms with Gasteiger partial charge in [0.1, 0.15) is 5.75 Å². The van der Waals surface area contributed by atoms with Crippen LogP contribution in [0.1, 0.15) is 0 Å². The van der Waals surface area contributed by atoms with E-state index in [-0.39, 0.29) is 10.8 Å². The lowest BCUT2D eigenvalue weighted by Crippen LogP contribution is -2.45. The molecule has 1 amide bonds. The minimum Gasteiger partial charge on any atom is -0.497 e. The van der Waals surface area contributed by atoms with E-state index in [1.165, 1.54) is 19.2 Å². The molecule has 2 atom stereocenters. The molecule has 0 aromatic heterocycles. The number of sulfonamides is 1. The third kappa shape index (κ3) is 3.57. The van der Waals surface area contributed by atoms with Gasteiger partial charge in [0.05, 0.1) is 17.9 Å². The highest BCUT2D eigenvalue weighted by atomic mass is 32.2. The van der Waals surface area contributed by atoms with Crippen LogP contribution in [0.2, 0.25) is 0 Å². The molecular weight excluding hydrogens is 306 g/mol. The summed E-state index contributed by atoms with van der Waals surface area (Å²) in [6.45, 7) is 1.02. The highest BCUT2D eigenvalue weighted by Crippen LogP contribution is 2.20. The highest BCUT2D eigenvalue weighted by molar-refractivity contribution is 7.89. The Morgan fingerprint density at radius 3 is 2.45 bits per heavy atom. The zero-order valence-corrected chi connectivity index (χ0v) is 13.7. The predicted molar refractivity (Wildman–Crippen MR) is 82.2 cm³/mol. The van der Waals surface area contributed by atoms with Crippen LogP contribution in [0, 0.1) is 5.92 Å². The van der Waals surface area contributed by atoms with E-state index >= 15 is 0 Å². The van der Waals surface area contributed by atoms with E-state index < -0.39 is 22.0 Å². The molecule has 0 unspecified atom stereocenters. The smallest absolute Gasteiger partial charge is 0.240 e. The van der Waals surface area contributed by atoms with E-state index in [4.69, 9.17) is 4.74 Å². The van der Waals surface area contributed by atoms with Crippen LogP contribution in [0.25, 0.3) is 0 Å². The van der Waals surface area contributed by atoms with Gasteiger partial charge in [-0.1, -0.05) is 0 Å². The summed E-state index contributed by atoms with van der Waals surface area (Å²) in [6.07, 6.45) is 0. The van der Waals surface area contributed by atoms with Gasteiger partial charge in [-0.05, 0) is 31.3 Å². The van der Waals surface area contributed by atoms with Crippen molar-refractivity contribution in [3.05, 3.63) is 24.3 Å². The summed E-state index contributed by atoms with van der Waals surface area (Å²) in [5.41, 5.74) is 0. The molecule has 1 heterocycles. The highest BCUT2D eigenvalue weighted by Gasteiger charge is 2.38. The summed E-state index contributed by atoms with van der Waals surface area (Å²) in [7, 11) is 1.25. The van der Waals surface area contributed by atoms with Gasteiger partial charge in [0.25, 0.3) is 0 Å². The molecule has 0 bridgehead atoms. The Morgan fingerprint density at radius 2 is 1.91 bits per heavy atom. The second-order valence-electron chi connectivity index (χ2n) is 5.35. The summed E-state index contributed by atoms with van der Waals surface area (Å²) >= 11 is 0. The molecule has 7 nitrogen and oxygen atoms in total. The SMILES string of the molecule is CNC(=O)[C@H]1CN(C)C[C@@H]1NS(=O)(=O)c1ccc(OC)cc1. The summed E-state index contributed by atoms with van der Waals surface area (Å²) in [5.74, 6) is 0.0255. The van der Waals surface area contributed by atoms with Crippen molar-refractivity contribution in [2.45, 2.75) is 10.9 Å². The van der Waals surface area contributed by atoms with Crippen molar-refractivity contribution in [3.8, 4) is 5.75 Å². The third-order valence-electron chi connectivity index (χ3n) is 3.76. The van der Waals surface area contributed by atoms with Gasteiger partial charge < -0.3 is 15.0 Å². The fraction of sp³-hybridized carbons (Fsp3) is 0.500. The first-order valence-corrected chi connectivity index (χ1v) is 8.42. The minimum absolute atomic E-state index is 0.151. The number of carbonyl (C=O) groups excluding carboxylic acids is 1. The maximum atomic E-state index is 12.4. The molecular formula is C14H21N3O4S. The molecule has 8 heteroatoms. The van der Waals surface area contributed by atoms with Gasteiger partial charge in [0.15, 0.2) is 0 Å². The molecule has 1 aliphatic heterocycles. The topological polar surface area (TPSA) is 87.7 Å². The zero-order valence-electron chi connectivity index (χ0n) is 12.9.